The molecule has 1 aliphatic heterocycles. The largest absolute Gasteiger partial charge is 0.393 e. The molecule has 3 aromatic rings. The summed E-state index contributed by atoms with van der Waals surface area (Å²) >= 11 is 1.60. The number of rotatable bonds is 8. The number of fused-ring (bicyclic) bond motifs is 1. The van der Waals surface area contributed by atoms with Gasteiger partial charge >= 0.3 is 0 Å². The van der Waals surface area contributed by atoms with Gasteiger partial charge in [0.1, 0.15) is 0 Å². The van der Waals surface area contributed by atoms with Gasteiger partial charge in [0.2, 0.25) is 5.91 Å². The van der Waals surface area contributed by atoms with Crippen molar-refractivity contribution in [2.75, 3.05) is 0 Å². The minimum absolute atomic E-state index is 0.124. The molecule has 2 amide bonds. The maximum absolute atomic E-state index is 13.9. The Balaban J connectivity index is 1.29. The molecule has 2 N–H and O–H groups in total. The molecule has 7 nitrogen and oxygen atoms in total. The fourth-order valence-electron chi connectivity index (χ4n) is 6.11. The second-order valence-electron chi connectivity index (χ2n) is 11.1. The van der Waals surface area contributed by atoms with Gasteiger partial charge in [0.15, 0.2) is 5.78 Å². The van der Waals surface area contributed by atoms with E-state index in [1.165, 1.54) is 0 Å². The van der Waals surface area contributed by atoms with Crippen LogP contribution in [0.2, 0.25) is 0 Å². The topological polar surface area (TPSA) is 99.6 Å². The predicted octanol–water partition coefficient (Wildman–Crippen LogP) is 4.68. The van der Waals surface area contributed by atoms with E-state index in [-0.39, 0.29) is 36.4 Å². The van der Waals surface area contributed by atoms with E-state index in [0.29, 0.717) is 18.7 Å². The molecule has 5 rings (SSSR count). The second-order valence-corrected chi connectivity index (χ2v) is 12.0. The molecule has 1 aromatic heterocycles. The van der Waals surface area contributed by atoms with Crippen molar-refractivity contribution in [2.24, 2.45) is 17.8 Å². The van der Waals surface area contributed by atoms with Gasteiger partial charge in [-0.3, -0.25) is 14.4 Å². The van der Waals surface area contributed by atoms with Crippen molar-refractivity contribution in [2.45, 2.75) is 65.8 Å². The Morgan fingerprint density at radius 3 is 2.54 bits per heavy atom. The van der Waals surface area contributed by atoms with E-state index in [9.17, 15) is 19.5 Å². The van der Waals surface area contributed by atoms with E-state index in [1.54, 1.807) is 22.3 Å². The maximum atomic E-state index is 13.9. The average Bonchev–Trinajstić information content (AvgIpc) is 3.60. The van der Waals surface area contributed by atoms with Crippen molar-refractivity contribution in [3.8, 4) is 10.4 Å². The molecule has 0 bridgehead atoms. The fourth-order valence-corrected chi connectivity index (χ4v) is 6.91. The summed E-state index contributed by atoms with van der Waals surface area (Å²) in [4.78, 5) is 47.6. The monoisotopic (exact) mass is 545 g/mol. The molecular weight excluding hydrogens is 510 g/mol. The Morgan fingerprint density at radius 1 is 1.13 bits per heavy atom. The van der Waals surface area contributed by atoms with Gasteiger partial charge in [-0.05, 0) is 60.9 Å². The first-order chi connectivity index (χ1) is 18.7. The Hall–Kier alpha value is -3.36. The molecule has 1 saturated carbocycles. The summed E-state index contributed by atoms with van der Waals surface area (Å²) in [6, 6.07) is 12.9. The van der Waals surface area contributed by atoms with E-state index >= 15 is 0 Å². The number of aromatic nitrogens is 1. The Bertz CT molecular complexity index is 1410. The predicted molar refractivity (Wildman–Crippen MR) is 151 cm³/mol. The van der Waals surface area contributed by atoms with Gasteiger partial charge in [0, 0.05) is 24.6 Å². The summed E-state index contributed by atoms with van der Waals surface area (Å²) in [6.45, 7) is 8.59. The highest BCUT2D eigenvalue weighted by Gasteiger charge is 2.47. The number of hydrogen-bond donors (Lipinski definition) is 2. The van der Waals surface area contributed by atoms with E-state index < -0.39 is 24.0 Å². The summed E-state index contributed by atoms with van der Waals surface area (Å²) in [5.41, 5.74) is 7.53. The minimum Gasteiger partial charge on any atom is -0.393 e. The van der Waals surface area contributed by atoms with Gasteiger partial charge in [-0.2, -0.15) is 0 Å². The number of nitrogens with zero attached hydrogens (tertiary/aromatic N) is 2. The number of aliphatic hydroxyl groups is 1. The molecular formula is C31H35N3O4S. The molecule has 0 saturated heterocycles. The smallest absolute Gasteiger partial charge is 0.255 e. The summed E-state index contributed by atoms with van der Waals surface area (Å²) < 4.78 is 0. The second kappa shape index (κ2) is 11.0. The van der Waals surface area contributed by atoms with Crippen molar-refractivity contribution in [1.29, 1.82) is 0 Å². The number of amides is 2. The standard InChI is InChI=1S/C31H35N3O4S/c1-17(2)27(34-15-22-7-5-6-8-24(22)31(34)38)28(36)25-12-23(35)13-26(25)30(37)32-14-21-10-9-20(11-18(21)3)29-19(4)33-16-39-29/h5-11,16-17,23,25-27,35H,12-15H2,1-4H3,(H,32,37)/t23-,25?,26?,27-/m0/s1. The van der Waals surface area contributed by atoms with Crippen molar-refractivity contribution in [1.82, 2.24) is 15.2 Å². The van der Waals surface area contributed by atoms with Gasteiger partial charge in [-0.1, -0.05) is 50.2 Å². The molecule has 4 atom stereocenters. The quantitative estimate of drug-likeness (QED) is 0.428. The van der Waals surface area contributed by atoms with Crippen LogP contribution in [0.25, 0.3) is 10.4 Å². The number of hydrogen-bond acceptors (Lipinski definition) is 6. The maximum Gasteiger partial charge on any atom is 0.255 e. The molecule has 2 heterocycles. The minimum atomic E-state index is -0.724. The first-order valence-corrected chi connectivity index (χ1v) is 14.4. The number of benzene rings is 2. The average molecular weight is 546 g/mol. The zero-order valence-electron chi connectivity index (χ0n) is 22.8. The summed E-state index contributed by atoms with van der Waals surface area (Å²) in [7, 11) is 0. The molecule has 204 valence electrons. The molecule has 39 heavy (non-hydrogen) atoms. The van der Waals surface area contributed by atoms with Gasteiger partial charge in [-0.25, -0.2) is 4.98 Å². The summed E-state index contributed by atoms with van der Waals surface area (Å²) in [5, 5.41) is 13.5. The van der Waals surface area contributed by atoms with E-state index in [0.717, 1.165) is 32.8 Å². The van der Waals surface area contributed by atoms with Gasteiger partial charge in [0.05, 0.1) is 34.1 Å². The molecule has 8 heteroatoms. The lowest BCUT2D eigenvalue weighted by atomic mass is 9.83. The van der Waals surface area contributed by atoms with Crippen molar-refractivity contribution >= 4 is 28.9 Å². The third kappa shape index (κ3) is 5.28. The molecule has 0 radical (unpaired) electrons. The van der Waals surface area contributed by atoms with Gasteiger partial charge in [-0.15, -0.1) is 11.3 Å². The van der Waals surface area contributed by atoms with Crippen LogP contribution in [-0.4, -0.2) is 44.7 Å². The zero-order valence-corrected chi connectivity index (χ0v) is 23.6. The van der Waals surface area contributed by atoms with Crippen LogP contribution in [0.1, 0.15) is 59.4 Å². The lowest BCUT2D eigenvalue weighted by Crippen LogP contribution is -2.49. The lowest BCUT2D eigenvalue weighted by Gasteiger charge is -2.33. The number of aliphatic hydroxyl groups excluding tert-OH is 1. The van der Waals surface area contributed by atoms with Crippen LogP contribution in [0.5, 0.6) is 0 Å². The number of ketones is 1. The van der Waals surface area contributed by atoms with Crippen LogP contribution in [0.3, 0.4) is 0 Å². The Kier molecular flexibility index (Phi) is 7.69. The summed E-state index contributed by atoms with van der Waals surface area (Å²) in [6.07, 6.45) is -0.251. The molecule has 2 aromatic carbocycles. The van der Waals surface area contributed by atoms with Crippen LogP contribution in [-0.2, 0) is 22.7 Å². The molecule has 2 aliphatic rings. The molecule has 1 aliphatic carbocycles. The zero-order chi connectivity index (χ0) is 27.8. The van der Waals surface area contributed by atoms with E-state index in [1.807, 2.05) is 63.5 Å². The van der Waals surface area contributed by atoms with Gasteiger partial charge in [0.25, 0.3) is 5.91 Å². The summed E-state index contributed by atoms with van der Waals surface area (Å²) in [5.74, 6) is -1.91. The number of carbonyl (C=O) groups excluding carboxylic acids is 3. The molecule has 2 unspecified atom stereocenters. The lowest BCUT2D eigenvalue weighted by molar-refractivity contribution is -0.136. The number of thiazole rings is 1. The first-order valence-electron chi connectivity index (χ1n) is 13.5. The number of Topliss-reactive ketones (excluding diaryl/α,β-unsaturated/α-hetero) is 1. The van der Waals surface area contributed by atoms with Gasteiger partial charge < -0.3 is 15.3 Å². The first kappa shape index (κ1) is 27.2. The van der Waals surface area contributed by atoms with Crippen LogP contribution in [0.4, 0.5) is 0 Å². The van der Waals surface area contributed by atoms with Crippen LogP contribution in [0.15, 0.2) is 48.0 Å². The van der Waals surface area contributed by atoms with E-state index in [2.05, 4.69) is 16.4 Å². The number of nitrogens with one attached hydrogen (secondary N) is 1. The van der Waals surface area contributed by atoms with Crippen molar-refractivity contribution in [3.05, 3.63) is 75.9 Å². The third-order valence-electron chi connectivity index (χ3n) is 8.15. The normalized spacial score (nSPS) is 21.3. The highest BCUT2D eigenvalue weighted by atomic mass is 32.1. The van der Waals surface area contributed by atoms with Crippen molar-refractivity contribution in [3.63, 3.8) is 0 Å². The Labute approximate surface area is 233 Å². The highest BCUT2D eigenvalue weighted by molar-refractivity contribution is 7.13. The molecule has 0 spiro atoms. The number of carbonyl (C=O) groups is 3. The Morgan fingerprint density at radius 2 is 1.87 bits per heavy atom. The highest BCUT2D eigenvalue weighted by Crippen LogP contribution is 2.37. The molecule has 1 fully saturated rings. The van der Waals surface area contributed by atoms with Crippen molar-refractivity contribution < 1.29 is 19.5 Å². The number of aryl methyl sites for hydroxylation is 2. The fraction of sp³-hybridized carbons (Fsp3) is 0.419. The van der Waals surface area contributed by atoms with E-state index in [4.69, 9.17) is 0 Å². The van der Waals surface area contributed by atoms with Crippen LogP contribution < -0.4 is 5.32 Å². The SMILES string of the molecule is Cc1cc(-c2scnc2C)ccc1CNC(=O)C1C[C@@H](O)CC1C(=O)[C@H](C(C)C)N1Cc2ccccc2C1=O. The van der Waals surface area contributed by atoms with Crippen LogP contribution >= 0.6 is 11.3 Å². The third-order valence-corrected chi connectivity index (χ3v) is 9.13. The van der Waals surface area contributed by atoms with Crippen LogP contribution in [0, 0.1) is 31.6 Å².